The van der Waals surface area contributed by atoms with Crippen molar-refractivity contribution in [3.8, 4) is 6.07 Å². The first-order valence-corrected chi connectivity index (χ1v) is 5.90. The molecule has 2 atom stereocenters. The van der Waals surface area contributed by atoms with Crippen LogP contribution in [0.2, 0.25) is 0 Å². The second kappa shape index (κ2) is 3.38. The topological polar surface area (TPSA) is 23.8 Å². The highest BCUT2D eigenvalue weighted by atomic mass is 14.4. The highest BCUT2D eigenvalue weighted by Gasteiger charge is 2.38. The quantitative estimate of drug-likeness (QED) is 0.678. The van der Waals surface area contributed by atoms with E-state index in [1.165, 1.54) is 31.2 Å². The molecule has 1 fully saturated rings. The maximum Gasteiger partial charge on any atom is 0.0662 e. The lowest BCUT2D eigenvalue weighted by molar-refractivity contribution is 0.684. The van der Waals surface area contributed by atoms with Gasteiger partial charge in [0.2, 0.25) is 0 Å². The average molecular weight is 197 g/mol. The molecule has 2 aliphatic rings. The van der Waals surface area contributed by atoms with Gasteiger partial charge in [0.1, 0.15) is 0 Å². The molecular weight excluding hydrogens is 182 g/mol. The molecule has 0 aliphatic heterocycles. The van der Waals surface area contributed by atoms with Gasteiger partial charge in [0.05, 0.1) is 12.0 Å². The smallest absolute Gasteiger partial charge is 0.0662 e. The third-order valence-electron chi connectivity index (χ3n) is 3.76. The Balaban J connectivity index is 1.89. The zero-order chi connectivity index (χ0) is 10.3. The second-order valence-electron chi connectivity index (χ2n) is 4.81. The molecule has 0 radical (unpaired) electrons. The van der Waals surface area contributed by atoms with Gasteiger partial charge in [-0.3, -0.25) is 0 Å². The van der Waals surface area contributed by atoms with Crippen molar-refractivity contribution in [3.63, 3.8) is 0 Å². The molecule has 1 nitrogen and oxygen atoms in total. The minimum atomic E-state index is 0.298. The number of hydrogen-bond donors (Lipinski definition) is 0. The maximum atomic E-state index is 8.83. The van der Waals surface area contributed by atoms with E-state index in [1.54, 1.807) is 11.1 Å². The predicted molar refractivity (Wildman–Crippen MR) is 59.5 cm³/mol. The van der Waals surface area contributed by atoms with Crippen LogP contribution in [0.4, 0.5) is 0 Å². The molecule has 1 aromatic carbocycles. The van der Waals surface area contributed by atoms with Gasteiger partial charge in [0.15, 0.2) is 0 Å². The van der Waals surface area contributed by atoms with Crippen LogP contribution >= 0.6 is 0 Å². The average Bonchev–Trinajstić information content (AvgIpc) is 3.08. The van der Waals surface area contributed by atoms with E-state index < -0.39 is 0 Å². The Morgan fingerprint density at radius 1 is 1.13 bits per heavy atom. The molecule has 0 spiro atoms. The number of nitrogens with zero attached hydrogens (tertiary/aromatic N) is 1. The molecular formula is C14H15N. The van der Waals surface area contributed by atoms with Gasteiger partial charge >= 0.3 is 0 Å². The normalized spacial score (nSPS) is 27.9. The van der Waals surface area contributed by atoms with Crippen molar-refractivity contribution in [1.82, 2.24) is 0 Å². The zero-order valence-electron chi connectivity index (χ0n) is 8.87. The largest absolute Gasteiger partial charge is 0.198 e. The van der Waals surface area contributed by atoms with Crippen molar-refractivity contribution in [2.45, 2.75) is 38.0 Å². The Hall–Kier alpha value is -1.29. The number of rotatable bonds is 1. The number of benzene rings is 1. The Kier molecular flexibility index (Phi) is 2.02. The van der Waals surface area contributed by atoms with E-state index in [9.17, 15) is 0 Å². The lowest BCUT2D eigenvalue weighted by Crippen LogP contribution is -2.02. The summed E-state index contributed by atoms with van der Waals surface area (Å²) in [7, 11) is 0. The van der Waals surface area contributed by atoms with Gasteiger partial charge in [-0.2, -0.15) is 5.26 Å². The number of aryl methyl sites for hydroxylation is 2. The molecule has 15 heavy (non-hydrogen) atoms. The summed E-state index contributed by atoms with van der Waals surface area (Å²) in [6.45, 7) is 0. The summed E-state index contributed by atoms with van der Waals surface area (Å²) in [4.78, 5) is 0. The standard InChI is InChI=1S/C14H15N/c15-9-13-8-14(13)12-6-5-10-3-1-2-4-11(10)7-12/h5-7,13-14H,1-4,8H2. The van der Waals surface area contributed by atoms with Crippen LogP contribution in [0.1, 0.15) is 41.9 Å². The summed E-state index contributed by atoms with van der Waals surface area (Å²) in [5.74, 6) is 0.842. The highest BCUT2D eigenvalue weighted by Crippen LogP contribution is 2.47. The van der Waals surface area contributed by atoms with Gasteiger partial charge in [-0.15, -0.1) is 0 Å². The molecule has 0 saturated heterocycles. The zero-order valence-corrected chi connectivity index (χ0v) is 8.87. The summed E-state index contributed by atoms with van der Waals surface area (Å²) in [6, 6.07) is 9.26. The van der Waals surface area contributed by atoms with E-state index in [0.29, 0.717) is 11.8 Å². The van der Waals surface area contributed by atoms with E-state index in [1.807, 2.05) is 0 Å². The van der Waals surface area contributed by atoms with Crippen molar-refractivity contribution < 1.29 is 0 Å². The molecule has 2 unspecified atom stereocenters. The first-order valence-electron chi connectivity index (χ1n) is 5.90. The number of nitriles is 1. The monoisotopic (exact) mass is 197 g/mol. The Morgan fingerprint density at radius 2 is 1.93 bits per heavy atom. The molecule has 0 heterocycles. The molecule has 2 aliphatic carbocycles. The molecule has 0 amide bonds. The molecule has 0 bridgehead atoms. The highest BCUT2D eigenvalue weighted by molar-refractivity contribution is 5.38. The van der Waals surface area contributed by atoms with Crippen molar-refractivity contribution >= 4 is 0 Å². The minimum Gasteiger partial charge on any atom is -0.198 e. The second-order valence-corrected chi connectivity index (χ2v) is 4.81. The number of hydrogen-bond acceptors (Lipinski definition) is 1. The fourth-order valence-electron chi connectivity index (χ4n) is 2.69. The summed E-state index contributed by atoms with van der Waals surface area (Å²) in [6.07, 6.45) is 6.25. The Labute approximate surface area is 90.7 Å². The van der Waals surface area contributed by atoms with Crippen molar-refractivity contribution in [2.24, 2.45) is 5.92 Å². The Bertz CT molecular complexity index is 427. The van der Waals surface area contributed by atoms with Gasteiger partial charge in [0.25, 0.3) is 0 Å². The van der Waals surface area contributed by atoms with Crippen LogP contribution in [-0.2, 0) is 12.8 Å². The molecule has 76 valence electrons. The van der Waals surface area contributed by atoms with Crippen LogP contribution in [0.3, 0.4) is 0 Å². The van der Waals surface area contributed by atoms with Gasteiger partial charge in [0, 0.05) is 5.92 Å². The van der Waals surface area contributed by atoms with Crippen LogP contribution in [0, 0.1) is 17.2 Å². The van der Waals surface area contributed by atoms with E-state index in [2.05, 4.69) is 24.3 Å². The van der Waals surface area contributed by atoms with Crippen molar-refractivity contribution in [2.75, 3.05) is 0 Å². The van der Waals surface area contributed by atoms with Crippen molar-refractivity contribution in [3.05, 3.63) is 34.9 Å². The third kappa shape index (κ3) is 1.55. The van der Waals surface area contributed by atoms with Crippen LogP contribution in [0.15, 0.2) is 18.2 Å². The van der Waals surface area contributed by atoms with Crippen LogP contribution in [0.25, 0.3) is 0 Å². The first kappa shape index (κ1) is 8.97. The molecule has 1 saturated carbocycles. The molecule has 0 aromatic heterocycles. The Morgan fingerprint density at radius 3 is 2.67 bits per heavy atom. The lowest BCUT2D eigenvalue weighted by atomic mass is 9.89. The maximum absolute atomic E-state index is 8.83. The van der Waals surface area contributed by atoms with Gasteiger partial charge in [-0.25, -0.2) is 0 Å². The van der Waals surface area contributed by atoms with Crippen LogP contribution < -0.4 is 0 Å². The van der Waals surface area contributed by atoms with E-state index in [-0.39, 0.29) is 0 Å². The lowest BCUT2D eigenvalue weighted by Gasteiger charge is -2.16. The molecule has 1 aromatic rings. The van der Waals surface area contributed by atoms with Gasteiger partial charge < -0.3 is 0 Å². The summed E-state index contributed by atoms with van der Waals surface area (Å²) in [5, 5.41) is 8.83. The third-order valence-corrected chi connectivity index (χ3v) is 3.76. The molecule has 1 heteroatoms. The van der Waals surface area contributed by atoms with E-state index in [0.717, 1.165) is 6.42 Å². The van der Waals surface area contributed by atoms with Crippen LogP contribution in [-0.4, -0.2) is 0 Å². The summed E-state index contributed by atoms with van der Waals surface area (Å²) < 4.78 is 0. The SMILES string of the molecule is N#CC1CC1c1ccc2c(c1)CCCC2. The minimum absolute atomic E-state index is 0.298. The van der Waals surface area contributed by atoms with Gasteiger partial charge in [-0.05, 0) is 48.8 Å². The summed E-state index contributed by atoms with van der Waals surface area (Å²) in [5.41, 5.74) is 4.49. The molecule has 0 N–H and O–H groups in total. The van der Waals surface area contributed by atoms with E-state index >= 15 is 0 Å². The van der Waals surface area contributed by atoms with Crippen LogP contribution in [0.5, 0.6) is 0 Å². The number of fused-ring (bicyclic) bond motifs is 1. The molecule has 3 rings (SSSR count). The fraction of sp³-hybridized carbons (Fsp3) is 0.500. The van der Waals surface area contributed by atoms with E-state index in [4.69, 9.17) is 5.26 Å². The fourth-order valence-corrected chi connectivity index (χ4v) is 2.69. The first-order chi connectivity index (χ1) is 7.38. The predicted octanol–water partition coefficient (Wildman–Crippen LogP) is 3.19. The van der Waals surface area contributed by atoms with Gasteiger partial charge in [-0.1, -0.05) is 18.2 Å². The van der Waals surface area contributed by atoms with Crippen molar-refractivity contribution in [1.29, 1.82) is 5.26 Å². The summed E-state index contributed by atoms with van der Waals surface area (Å²) >= 11 is 0.